The van der Waals surface area contributed by atoms with E-state index in [1.54, 1.807) is 0 Å². The summed E-state index contributed by atoms with van der Waals surface area (Å²) in [5.41, 5.74) is 4.09. The van der Waals surface area contributed by atoms with Crippen LogP contribution in [0, 0.1) is 13.8 Å². The molecule has 28 heavy (non-hydrogen) atoms. The van der Waals surface area contributed by atoms with Crippen molar-refractivity contribution in [1.82, 2.24) is 0 Å². The minimum atomic E-state index is -0.570. The normalized spacial score (nSPS) is 12.8. The molecule has 0 bridgehead atoms. The average Bonchev–Trinajstić information content (AvgIpc) is 3.00. The molecule has 6 nitrogen and oxygen atoms in total. The second-order valence-corrected chi connectivity index (χ2v) is 8.07. The molecule has 1 heterocycles. The predicted molar refractivity (Wildman–Crippen MR) is 110 cm³/mol. The maximum atomic E-state index is 12.7. The summed E-state index contributed by atoms with van der Waals surface area (Å²) in [6.45, 7) is 4.92. The Bertz CT molecular complexity index is 933. The first kappa shape index (κ1) is 20.1. The third-order valence-electron chi connectivity index (χ3n) is 4.88. The van der Waals surface area contributed by atoms with E-state index in [0.29, 0.717) is 16.3 Å². The van der Waals surface area contributed by atoms with Crippen LogP contribution in [0.3, 0.4) is 0 Å². The average molecular weight is 401 g/mol. The predicted octanol–water partition coefficient (Wildman–Crippen LogP) is 4.00. The van der Waals surface area contributed by atoms with Gasteiger partial charge in [-0.15, -0.1) is 11.3 Å². The van der Waals surface area contributed by atoms with Gasteiger partial charge in [0.1, 0.15) is 5.00 Å². The number of hydrogen-bond acceptors (Lipinski definition) is 5. The standard InChI is InChI=1S/C21H24N2O4S/c1-12-7-6-9-16(13(12)2)23-18(25)11-27-21(26)19-15-8-4-5-10-17(15)28-20(19)22-14(3)24/h6-7,9H,4-5,8,10-11H2,1-3H3,(H,22,24)(H,23,25). The molecule has 0 saturated heterocycles. The Morgan fingerprint density at radius 3 is 2.61 bits per heavy atom. The molecule has 0 spiro atoms. The lowest BCUT2D eigenvalue weighted by atomic mass is 9.95. The van der Waals surface area contributed by atoms with E-state index in [2.05, 4.69) is 10.6 Å². The van der Waals surface area contributed by atoms with Gasteiger partial charge in [0, 0.05) is 17.5 Å². The minimum Gasteiger partial charge on any atom is -0.452 e. The second-order valence-electron chi connectivity index (χ2n) is 6.97. The van der Waals surface area contributed by atoms with E-state index in [4.69, 9.17) is 4.74 Å². The van der Waals surface area contributed by atoms with Gasteiger partial charge >= 0.3 is 5.97 Å². The van der Waals surface area contributed by atoms with Gasteiger partial charge in [-0.3, -0.25) is 9.59 Å². The monoisotopic (exact) mass is 400 g/mol. The molecular weight excluding hydrogens is 376 g/mol. The first-order valence-electron chi connectivity index (χ1n) is 9.32. The maximum absolute atomic E-state index is 12.7. The molecule has 0 radical (unpaired) electrons. The summed E-state index contributed by atoms with van der Waals surface area (Å²) < 4.78 is 5.28. The van der Waals surface area contributed by atoms with Gasteiger partial charge in [-0.1, -0.05) is 12.1 Å². The molecule has 0 atom stereocenters. The number of aryl methyl sites for hydroxylation is 2. The Labute approximate surface area is 168 Å². The Balaban J connectivity index is 1.70. The van der Waals surface area contributed by atoms with E-state index in [0.717, 1.165) is 47.3 Å². The van der Waals surface area contributed by atoms with Crippen molar-refractivity contribution in [3.8, 4) is 0 Å². The lowest BCUT2D eigenvalue weighted by Crippen LogP contribution is -2.22. The van der Waals surface area contributed by atoms with Crippen LogP contribution in [0.15, 0.2) is 18.2 Å². The van der Waals surface area contributed by atoms with Crippen LogP contribution < -0.4 is 10.6 Å². The molecule has 1 aromatic carbocycles. The summed E-state index contributed by atoms with van der Waals surface area (Å²) in [6, 6.07) is 5.64. The molecule has 2 aromatic rings. The van der Waals surface area contributed by atoms with Gasteiger partial charge in [0.15, 0.2) is 6.61 Å². The van der Waals surface area contributed by atoms with Gasteiger partial charge in [-0.2, -0.15) is 0 Å². The van der Waals surface area contributed by atoms with E-state index >= 15 is 0 Å². The highest BCUT2D eigenvalue weighted by atomic mass is 32.1. The van der Waals surface area contributed by atoms with Crippen molar-refractivity contribution >= 4 is 39.8 Å². The molecule has 7 heteroatoms. The van der Waals surface area contributed by atoms with Crippen LogP contribution >= 0.6 is 11.3 Å². The number of rotatable bonds is 5. The van der Waals surface area contributed by atoms with E-state index < -0.39 is 11.9 Å². The number of carbonyl (C=O) groups excluding carboxylic acids is 3. The van der Waals surface area contributed by atoms with E-state index in [1.807, 2.05) is 32.0 Å². The van der Waals surface area contributed by atoms with Gasteiger partial charge in [0.2, 0.25) is 5.91 Å². The van der Waals surface area contributed by atoms with Gasteiger partial charge in [-0.25, -0.2) is 4.79 Å². The van der Waals surface area contributed by atoms with Crippen molar-refractivity contribution in [3.63, 3.8) is 0 Å². The van der Waals surface area contributed by atoms with Crippen LogP contribution in [0.25, 0.3) is 0 Å². The molecule has 1 aromatic heterocycles. The fourth-order valence-electron chi connectivity index (χ4n) is 3.31. The van der Waals surface area contributed by atoms with Crippen molar-refractivity contribution in [2.24, 2.45) is 0 Å². The molecule has 2 N–H and O–H groups in total. The number of ether oxygens (including phenoxy) is 1. The SMILES string of the molecule is CC(=O)Nc1sc2c(c1C(=O)OCC(=O)Nc1cccc(C)c1C)CCCC2. The zero-order chi connectivity index (χ0) is 20.3. The van der Waals surface area contributed by atoms with Crippen LogP contribution in [0.4, 0.5) is 10.7 Å². The molecule has 1 aliphatic rings. The van der Waals surface area contributed by atoms with Crippen molar-refractivity contribution in [2.45, 2.75) is 46.5 Å². The lowest BCUT2D eigenvalue weighted by Gasteiger charge is -2.13. The first-order valence-corrected chi connectivity index (χ1v) is 10.1. The number of benzene rings is 1. The van der Waals surface area contributed by atoms with Crippen molar-refractivity contribution in [2.75, 3.05) is 17.2 Å². The second kappa shape index (κ2) is 8.56. The van der Waals surface area contributed by atoms with Crippen molar-refractivity contribution < 1.29 is 19.1 Å². The summed E-state index contributed by atoms with van der Waals surface area (Å²) in [6.07, 6.45) is 3.74. The number of anilines is 2. The summed E-state index contributed by atoms with van der Waals surface area (Å²) in [5, 5.41) is 6.02. The minimum absolute atomic E-state index is 0.236. The van der Waals surface area contributed by atoms with Crippen LogP contribution in [-0.2, 0) is 27.2 Å². The smallest absolute Gasteiger partial charge is 0.341 e. The molecule has 3 rings (SSSR count). The summed E-state index contributed by atoms with van der Waals surface area (Å²) >= 11 is 1.43. The number of carbonyl (C=O) groups is 3. The van der Waals surface area contributed by atoms with Crippen LogP contribution in [-0.4, -0.2) is 24.4 Å². The number of esters is 1. The van der Waals surface area contributed by atoms with Crippen LogP contribution in [0.5, 0.6) is 0 Å². The van der Waals surface area contributed by atoms with Crippen molar-refractivity contribution in [1.29, 1.82) is 0 Å². The van der Waals surface area contributed by atoms with Crippen LogP contribution in [0.2, 0.25) is 0 Å². The zero-order valence-electron chi connectivity index (χ0n) is 16.3. The number of fused-ring (bicyclic) bond motifs is 1. The highest BCUT2D eigenvalue weighted by Gasteiger charge is 2.27. The highest BCUT2D eigenvalue weighted by Crippen LogP contribution is 2.38. The van der Waals surface area contributed by atoms with E-state index in [-0.39, 0.29) is 12.5 Å². The zero-order valence-corrected chi connectivity index (χ0v) is 17.1. The molecule has 148 valence electrons. The topological polar surface area (TPSA) is 84.5 Å². The Hall–Kier alpha value is -2.67. The first-order chi connectivity index (χ1) is 13.4. The summed E-state index contributed by atoms with van der Waals surface area (Å²) in [5.74, 6) is -1.20. The molecule has 1 aliphatic carbocycles. The molecular formula is C21H24N2O4S. The largest absolute Gasteiger partial charge is 0.452 e. The third-order valence-corrected chi connectivity index (χ3v) is 6.09. The Morgan fingerprint density at radius 2 is 1.86 bits per heavy atom. The molecule has 0 fully saturated rings. The quantitative estimate of drug-likeness (QED) is 0.743. The lowest BCUT2D eigenvalue weighted by molar-refractivity contribution is -0.119. The summed E-state index contributed by atoms with van der Waals surface area (Å²) in [4.78, 5) is 37.6. The fourth-order valence-corrected chi connectivity index (χ4v) is 4.63. The van der Waals surface area contributed by atoms with Crippen molar-refractivity contribution in [3.05, 3.63) is 45.3 Å². The Morgan fingerprint density at radius 1 is 1.11 bits per heavy atom. The third kappa shape index (κ3) is 4.42. The van der Waals surface area contributed by atoms with Gasteiger partial charge in [0.05, 0.1) is 5.56 Å². The van der Waals surface area contributed by atoms with E-state index in [1.165, 1.54) is 18.3 Å². The Kier molecular flexibility index (Phi) is 6.14. The number of hydrogen-bond donors (Lipinski definition) is 2. The number of amides is 2. The maximum Gasteiger partial charge on any atom is 0.341 e. The highest BCUT2D eigenvalue weighted by molar-refractivity contribution is 7.17. The molecule has 0 saturated carbocycles. The molecule has 0 aliphatic heterocycles. The van der Waals surface area contributed by atoms with Gasteiger partial charge in [0.25, 0.3) is 5.91 Å². The molecule has 2 amide bonds. The number of nitrogens with one attached hydrogen (secondary N) is 2. The summed E-state index contributed by atoms with van der Waals surface area (Å²) in [7, 11) is 0. The van der Waals surface area contributed by atoms with Gasteiger partial charge < -0.3 is 15.4 Å². The van der Waals surface area contributed by atoms with Crippen LogP contribution in [0.1, 0.15) is 51.7 Å². The van der Waals surface area contributed by atoms with Gasteiger partial charge in [-0.05, 0) is 62.3 Å². The molecule has 0 unspecified atom stereocenters. The fraction of sp³-hybridized carbons (Fsp3) is 0.381. The number of thiophene rings is 1. The van der Waals surface area contributed by atoms with E-state index in [9.17, 15) is 14.4 Å².